The number of Topliss-reactive ketones (excluding diaryl/α,β-unsaturated/α-hetero) is 1. The molecule has 1 N–H and O–H groups in total. The van der Waals surface area contributed by atoms with Gasteiger partial charge in [0.1, 0.15) is 5.78 Å². The molecule has 0 aromatic heterocycles. The van der Waals surface area contributed by atoms with Crippen LogP contribution in [0.5, 0.6) is 0 Å². The van der Waals surface area contributed by atoms with Gasteiger partial charge in [0.25, 0.3) is 0 Å². The van der Waals surface area contributed by atoms with Crippen LogP contribution >= 0.6 is 0 Å². The second-order valence-corrected chi connectivity index (χ2v) is 5.01. The number of rotatable bonds is 4. The van der Waals surface area contributed by atoms with Crippen molar-refractivity contribution in [3.63, 3.8) is 0 Å². The Bertz CT molecular complexity index is 208. The molecule has 0 aliphatic carbocycles. The van der Waals surface area contributed by atoms with E-state index in [0.717, 1.165) is 25.9 Å². The predicted molar refractivity (Wildman–Crippen MR) is 60.6 cm³/mol. The molecule has 88 valence electrons. The topological polar surface area (TPSA) is 40.5 Å². The number of likely N-dealkylation sites (tertiary alicyclic amines) is 1. The summed E-state index contributed by atoms with van der Waals surface area (Å²) in [5, 5.41) is 9.22. The standard InChI is InChI=1S/C12H23NO2/c1-9(2)11(8-14)12(15)10-4-6-13(3)7-5-10/h9-11,14H,4-8H2,1-3H3. The van der Waals surface area contributed by atoms with E-state index in [-0.39, 0.29) is 30.1 Å². The first-order chi connectivity index (χ1) is 7.06. The molecular formula is C12H23NO2. The number of aliphatic hydroxyl groups excluding tert-OH is 1. The molecule has 1 fully saturated rings. The van der Waals surface area contributed by atoms with Crippen LogP contribution in [-0.2, 0) is 4.79 Å². The first-order valence-electron chi connectivity index (χ1n) is 5.89. The van der Waals surface area contributed by atoms with E-state index in [0.29, 0.717) is 0 Å². The van der Waals surface area contributed by atoms with Crippen LogP contribution in [0.3, 0.4) is 0 Å². The quantitative estimate of drug-likeness (QED) is 0.762. The van der Waals surface area contributed by atoms with Crippen LogP contribution in [0.2, 0.25) is 0 Å². The van der Waals surface area contributed by atoms with Gasteiger partial charge < -0.3 is 10.0 Å². The number of hydrogen-bond acceptors (Lipinski definition) is 3. The molecule has 1 saturated heterocycles. The first kappa shape index (κ1) is 12.7. The maximum Gasteiger partial charge on any atom is 0.141 e. The Hall–Kier alpha value is -0.410. The number of nitrogens with zero attached hydrogens (tertiary/aromatic N) is 1. The van der Waals surface area contributed by atoms with Crippen molar-refractivity contribution in [2.45, 2.75) is 26.7 Å². The molecule has 0 saturated carbocycles. The number of piperidine rings is 1. The van der Waals surface area contributed by atoms with Crippen molar-refractivity contribution in [2.75, 3.05) is 26.7 Å². The minimum Gasteiger partial charge on any atom is -0.396 e. The Morgan fingerprint density at radius 2 is 1.93 bits per heavy atom. The van der Waals surface area contributed by atoms with Crippen LogP contribution in [-0.4, -0.2) is 42.5 Å². The largest absolute Gasteiger partial charge is 0.396 e. The number of aliphatic hydroxyl groups is 1. The highest BCUT2D eigenvalue weighted by molar-refractivity contribution is 5.83. The van der Waals surface area contributed by atoms with E-state index in [2.05, 4.69) is 11.9 Å². The highest BCUT2D eigenvalue weighted by atomic mass is 16.3. The van der Waals surface area contributed by atoms with E-state index in [9.17, 15) is 9.90 Å². The molecule has 3 heteroatoms. The summed E-state index contributed by atoms with van der Waals surface area (Å²) in [4.78, 5) is 14.4. The van der Waals surface area contributed by atoms with Crippen molar-refractivity contribution >= 4 is 5.78 Å². The van der Waals surface area contributed by atoms with Gasteiger partial charge in [0.15, 0.2) is 0 Å². The lowest BCUT2D eigenvalue weighted by Gasteiger charge is -2.30. The summed E-state index contributed by atoms with van der Waals surface area (Å²) >= 11 is 0. The van der Waals surface area contributed by atoms with Crippen LogP contribution in [0.1, 0.15) is 26.7 Å². The first-order valence-corrected chi connectivity index (χ1v) is 5.89. The third-order valence-electron chi connectivity index (χ3n) is 3.49. The van der Waals surface area contributed by atoms with Crippen molar-refractivity contribution in [1.29, 1.82) is 0 Å². The van der Waals surface area contributed by atoms with E-state index in [4.69, 9.17) is 0 Å². The Morgan fingerprint density at radius 1 is 1.40 bits per heavy atom. The third-order valence-corrected chi connectivity index (χ3v) is 3.49. The summed E-state index contributed by atoms with van der Waals surface area (Å²) in [6.07, 6.45) is 1.91. The maximum absolute atomic E-state index is 12.1. The summed E-state index contributed by atoms with van der Waals surface area (Å²) < 4.78 is 0. The second kappa shape index (κ2) is 5.61. The van der Waals surface area contributed by atoms with Crippen LogP contribution in [0, 0.1) is 17.8 Å². The Balaban J connectivity index is 2.52. The third kappa shape index (κ3) is 3.28. The summed E-state index contributed by atoms with van der Waals surface area (Å²) in [6, 6.07) is 0. The summed E-state index contributed by atoms with van der Waals surface area (Å²) in [5.74, 6) is 0.557. The molecule has 0 radical (unpaired) electrons. The zero-order valence-corrected chi connectivity index (χ0v) is 10.1. The molecule has 1 aliphatic rings. The van der Waals surface area contributed by atoms with Crippen LogP contribution in [0.25, 0.3) is 0 Å². The van der Waals surface area contributed by atoms with E-state index in [1.807, 2.05) is 13.8 Å². The zero-order valence-electron chi connectivity index (χ0n) is 10.1. The molecule has 15 heavy (non-hydrogen) atoms. The molecule has 1 atom stereocenters. The minimum absolute atomic E-state index is 0.00282. The fourth-order valence-corrected chi connectivity index (χ4v) is 2.23. The molecule has 0 bridgehead atoms. The van der Waals surface area contributed by atoms with Gasteiger partial charge >= 0.3 is 0 Å². The number of carbonyl (C=O) groups excluding carboxylic acids is 1. The van der Waals surface area contributed by atoms with Gasteiger partial charge in [-0.05, 0) is 38.9 Å². The van der Waals surface area contributed by atoms with Gasteiger partial charge in [-0.15, -0.1) is 0 Å². The average Bonchev–Trinajstić information content (AvgIpc) is 2.19. The fourth-order valence-electron chi connectivity index (χ4n) is 2.23. The highest BCUT2D eigenvalue weighted by Gasteiger charge is 2.30. The van der Waals surface area contributed by atoms with Gasteiger partial charge in [-0.25, -0.2) is 0 Å². The van der Waals surface area contributed by atoms with Gasteiger partial charge in [0.2, 0.25) is 0 Å². The lowest BCUT2D eigenvalue weighted by atomic mass is 9.81. The average molecular weight is 213 g/mol. The molecule has 0 spiro atoms. The zero-order chi connectivity index (χ0) is 11.4. The van der Waals surface area contributed by atoms with Crippen LogP contribution < -0.4 is 0 Å². The lowest BCUT2D eigenvalue weighted by Crippen LogP contribution is -2.38. The van der Waals surface area contributed by atoms with Gasteiger partial charge in [0.05, 0.1) is 6.61 Å². The summed E-state index contributed by atoms with van der Waals surface area (Å²) in [6.45, 7) is 6.03. The Kier molecular flexibility index (Phi) is 4.74. The van der Waals surface area contributed by atoms with E-state index >= 15 is 0 Å². The monoisotopic (exact) mass is 213 g/mol. The summed E-state index contributed by atoms with van der Waals surface area (Å²) in [7, 11) is 2.09. The smallest absolute Gasteiger partial charge is 0.141 e. The Morgan fingerprint density at radius 3 is 2.33 bits per heavy atom. The molecule has 0 aromatic carbocycles. The SMILES string of the molecule is CC(C)C(CO)C(=O)C1CCN(C)CC1. The molecule has 3 nitrogen and oxygen atoms in total. The number of ketones is 1. The molecule has 0 amide bonds. The normalized spacial score (nSPS) is 21.9. The molecule has 1 rings (SSSR count). The van der Waals surface area contributed by atoms with Crippen molar-refractivity contribution in [2.24, 2.45) is 17.8 Å². The van der Waals surface area contributed by atoms with Gasteiger partial charge in [-0.1, -0.05) is 13.8 Å². The van der Waals surface area contributed by atoms with Crippen molar-refractivity contribution < 1.29 is 9.90 Å². The highest BCUT2D eigenvalue weighted by Crippen LogP contribution is 2.24. The van der Waals surface area contributed by atoms with Crippen LogP contribution in [0.4, 0.5) is 0 Å². The number of hydrogen-bond donors (Lipinski definition) is 1. The molecule has 0 aromatic rings. The van der Waals surface area contributed by atoms with E-state index < -0.39 is 0 Å². The molecule has 1 unspecified atom stereocenters. The van der Waals surface area contributed by atoms with Crippen molar-refractivity contribution in [3.8, 4) is 0 Å². The Labute approximate surface area is 92.5 Å². The van der Waals surface area contributed by atoms with Gasteiger partial charge in [-0.2, -0.15) is 0 Å². The van der Waals surface area contributed by atoms with Gasteiger partial charge in [0, 0.05) is 11.8 Å². The predicted octanol–water partition coefficient (Wildman–Crippen LogP) is 1.16. The van der Waals surface area contributed by atoms with Gasteiger partial charge in [-0.3, -0.25) is 4.79 Å². The second-order valence-electron chi connectivity index (χ2n) is 5.01. The molecular weight excluding hydrogens is 190 g/mol. The maximum atomic E-state index is 12.1. The van der Waals surface area contributed by atoms with Crippen LogP contribution in [0.15, 0.2) is 0 Å². The minimum atomic E-state index is -0.154. The molecule has 1 aliphatic heterocycles. The lowest BCUT2D eigenvalue weighted by molar-refractivity contribution is -0.130. The van der Waals surface area contributed by atoms with E-state index in [1.54, 1.807) is 0 Å². The van der Waals surface area contributed by atoms with E-state index in [1.165, 1.54) is 0 Å². The molecule has 1 heterocycles. The van der Waals surface area contributed by atoms with Crippen molar-refractivity contribution in [1.82, 2.24) is 4.90 Å². The number of carbonyl (C=O) groups is 1. The van der Waals surface area contributed by atoms with Crippen molar-refractivity contribution in [3.05, 3.63) is 0 Å². The fraction of sp³-hybridized carbons (Fsp3) is 0.917. The summed E-state index contributed by atoms with van der Waals surface area (Å²) in [5.41, 5.74) is 0.